The Morgan fingerprint density at radius 1 is 0.886 bits per heavy atom. The summed E-state index contributed by atoms with van der Waals surface area (Å²) in [6, 6.07) is 1.22. The molecule has 0 spiro atoms. The summed E-state index contributed by atoms with van der Waals surface area (Å²) in [5, 5.41) is 34.9. The number of phenols is 1. The van der Waals surface area contributed by atoms with Gasteiger partial charge in [0, 0.05) is 12.8 Å². The maximum atomic E-state index is 12.9. The number of aromatic hydroxyl groups is 1. The molecule has 5 atom stereocenters. The zero-order chi connectivity index (χ0) is 26.7. The van der Waals surface area contributed by atoms with Crippen LogP contribution in [0, 0.1) is 5.92 Å². The van der Waals surface area contributed by atoms with Gasteiger partial charge in [0.15, 0.2) is 0 Å². The fourth-order valence-electron chi connectivity index (χ4n) is 3.06. The number of nitrogens with one attached hydrogen (secondary N) is 3. The SMILES string of the molecule is CCC(C)C(N)C(=O)NC(C)C(=O)NC(Cc1ccc(O)cc1)C(=O)NC(CCC(=O)O)C(=O)O. The Balaban J connectivity index is 3.00. The Labute approximate surface area is 203 Å². The quantitative estimate of drug-likeness (QED) is 0.181. The number of benzene rings is 1. The fourth-order valence-corrected chi connectivity index (χ4v) is 3.06. The lowest BCUT2D eigenvalue weighted by Gasteiger charge is -2.24. The van der Waals surface area contributed by atoms with Gasteiger partial charge >= 0.3 is 11.9 Å². The van der Waals surface area contributed by atoms with E-state index >= 15 is 0 Å². The first kappa shape index (κ1) is 29.4. The van der Waals surface area contributed by atoms with Gasteiger partial charge in [0.05, 0.1) is 6.04 Å². The summed E-state index contributed by atoms with van der Waals surface area (Å²) >= 11 is 0. The van der Waals surface area contributed by atoms with Gasteiger partial charge in [0.25, 0.3) is 0 Å². The van der Waals surface area contributed by atoms with E-state index in [0.29, 0.717) is 12.0 Å². The van der Waals surface area contributed by atoms with E-state index in [-0.39, 0.29) is 24.5 Å². The normalized spacial score (nSPS) is 15.1. The number of carboxylic acid groups (broad SMARTS) is 2. The Kier molecular flexibility index (Phi) is 11.7. The third kappa shape index (κ3) is 10.0. The molecule has 12 heteroatoms. The van der Waals surface area contributed by atoms with Gasteiger partial charge in [-0.25, -0.2) is 4.79 Å². The van der Waals surface area contributed by atoms with Crippen molar-refractivity contribution in [1.29, 1.82) is 0 Å². The molecule has 0 aliphatic carbocycles. The lowest BCUT2D eigenvalue weighted by molar-refractivity contribution is -0.143. The molecular formula is C23H34N4O8. The van der Waals surface area contributed by atoms with E-state index in [1.807, 2.05) is 6.92 Å². The van der Waals surface area contributed by atoms with E-state index in [9.17, 15) is 34.2 Å². The summed E-state index contributed by atoms with van der Waals surface area (Å²) < 4.78 is 0. The number of rotatable bonds is 14. The first-order chi connectivity index (χ1) is 16.3. The molecule has 0 saturated heterocycles. The molecule has 12 nitrogen and oxygen atoms in total. The molecule has 0 fully saturated rings. The van der Waals surface area contributed by atoms with Gasteiger partial charge in [-0.2, -0.15) is 0 Å². The second-order valence-corrected chi connectivity index (χ2v) is 8.41. The van der Waals surface area contributed by atoms with Crippen LogP contribution in [0.15, 0.2) is 24.3 Å². The topological polar surface area (TPSA) is 208 Å². The lowest BCUT2D eigenvalue weighted by Crippen LogP contribution is -2.57. The van der Waals surface area contributed by atoms with Crippen molar-refractivity contribution < 1.29 is 39.3 Å². The van der Waals surface area contributed by atoms with Crippen LogP contribution in [0.3, 0.4) is 0 Å². The van der Waals surface area contributed by atoms with Gasteiger partial charge in [-0.15, -0.1) is 0 Å². The molecular weight excluding hydrogens is 460 g/mol. The molecule has 1 aromatic carbocycles. The summed E-state index contributed by atoms with van der Waals surface area (Å²) in [7, 11) is 0. The van der Waals surface area contributed by atoms with Crippen molar-refractivity contribution in [2.45, 2.75) is 70.6 Å². The van der Waals surface area contributed by atoms with E-state index in [1.165, 1.54) is 31.2 Å². The molecule has 0 radical (unpaired) electrons. The number of hydrogen-bond donors (Lipinski definition) is 7. The Hall–Kier alpha value is -3.67. The van der Waals surface area contributed by atoms with Crippen molar-refractivity contribution in [3.05, 3.63) is 29.8 Å². The number of nitrogens with two attached hydrogens (primary N) is 1. The van der Waals surface area contributed by atoms with E-state index in [1.54, 1.807) is 6.92 Å². The first-order valence-electron chi connectivity index (χ1n) is 11.2. The van der Waals surface area contributed by atoms with Gasteiger partial charge in [0.1, 0.15) is 23.9 Å². The standard InChI is InChI=1S/C23H34N4O8/c1-4-12(2)19(24)22(33)25-13(3)20(31)27-17(11-14-5-7-15(28)8-6-14)21(32)26-16(23(34)35)9-10-18(29)30/h5-8,12-13,16-17,19,28H,4,9-11,24H2,1-3H3,(H,25,33)(H,26,32)(H,27,31)(H,29,30)(H,34,35). The molecule has 35 heavy (non-hydrogen) atoms. The third-order valence-corrected chi connectivity index (χ3v) is 5.58. The molecule has 0 bridgehead atoms. The highest BCUT2D eigenvalue weighted by Crippen LogP contribution is 2.12. The zero-order valence-corrected chi connectivity index (χ0v) is 20.0. The zero-order valence-electron chi connectivity index (χ0n) is 20.0. The molecule has 194 valence electrons. The number of carboxylic acids is 2. The van der Waals surface area contributed by atoms with Gasteiger partial charge < -0.3 is 37.0 Å². The second kappa shape index (κ2) is 13.9. The maximum absolute atomic E-state index is 12.9. The summed E-state index contributed by atoms with van der Waals surface area (Å²) in [4.78, 5) is 60.3. The monoisotopic (exact) mass is 494 g/mol. The van der Waals surface area contributed by atoms with Crippen molar-refractivity contribution >= 4 is 29.7 Å². The molecule has 0 aromatic heterocycles. The van der Waals surface area contributed by atoms with Crippen LogP contribution >= 0.6 is 0 Å². The minimum atomic E-state index is -1.48. The summed E-state index contributed by atoms with van der Waals surface area (Å²) in [5.41, 5.74) is 6.44. The molecule has 0 heterocycles. The van der Waals surface area contributed by atoms with Gasteiger partial charge in [-0.05, 0) is 37.0 Å². The smallest absolute Gasteiger partial charge is 0.326 e. The Morgan fingerprint density at radius 2 is 1.46 bits per heavy atom. The molecule has 1 aromatic rings. The van der Waals surface area contributed by atoms with E-state index < -0.39 is 60.2 Å². The molecule has 0 saturated carbocycles. The largest absolute Gasteiger partial charge is 0.508 e. The van der Waals surface area contributed by atoms with Crippen LogP contribution in [-0.2, 0) is 30.4 Å². The maximum Gasteiger partial charge on any atom is 0.326 e. The van der Waals surface area contributed by atoms with Crippen LogP contribution < -0.4 is 21.7 Å². The average molecular weight is 495 g/mol. The highest BCUT2D eigenvalue weighted by atomic mass is 16.4. The summed E-state index contributed by atoms with van der Waals surface area (Å²) in [6.45, 7) is 5.09. The molecule has 5 unspecified atom stereocenters. The van der Waals surface area contributed by atoms with Crippen LogP contribution in [0.1, 0.15) is 45.6 Å². The number of carbonyl (C=O) groups excluding carboxylic acids is 3. The average Bonchev–Trinajstić information content (AvgIpc) is 2.80. The number of hydrogen-bond acceptors (Lipinski definition) is 7. The first-order valence-corrected chi connectivity index (χ1v) is 11.2. The van der Waals surface area contributed by atoms with E-state index in [4.69, 9.17) is 10.8 Å². The van der Waals surface area contributed by atoms with E-state index in [2.05, 4.69) is 16.0 Å². The van der Waals surface area contributed by atoms with Crippen molar-refractivity contribution in [3.8, 4) is 5.75 Å². The molecule has 3 amide bonds. The highest BCUT2D eigenvalue weighted by molar-refractivity contribution is 5.94. The van der Waals surface area contributed by atoms with Crippen LogP contribution in [0.25, 0.3) is 0 Å². The number of phenolic OH excluding ortho intramolecular Hbond substituents is 1. The fraction of sp³-hybridized carbons (Fsp3) is 0.522. The van der Waals surface area contributed by atoms with Crippen molar-refractivity contribution in [2.24, 2.45) is 11.7 Å². The number of amides is 3. The Bertz CT molecular complexity index is 905. The minimum Gasteiger partial charge on any atom is -0.508 e. The lowest BCUT2D eigenvalue weighted by atomic mass is 9.99. The molecule has 8 N–H and O–H groups in total. The van der Waals surface area contributed by atoms with Gasteiger partial charge in [0.2, 0.25) is 17.7 Å². The van der Waals surface area contributed by atoms with Gasteiger partial charge in [-0.1, -0.05) is 32.4 Å². The molecule has 0 aliphatic heterocycles. The predicted molar refractivity (Wildman–Crippen MR) is 125 cm³/mol. The third-order valence-electron chi connectivity index (χ3n) is 5.58. The molecule has 0 aliphatic rings. The number of aliphatic carboxylic acids is 2. The Morgan fingerprint density at radius 3 is 1.97 bits per heavy atom. The molecule has 1 rings (SSSR count). The van der Waals surface area contributed by atoms with Gasteiger partial charge in [-0.3, -0.25) is 19.2 Å². The van der Waals surface area contributed by atoms with Crippen molar-refractivity contribution in [2.75, 3.05) is 0 Å². The van der Waals surface area contributed by atoms with Crippen molar-refractivity contribution in [3.63, 3.8) is 0 Å². The van der Waals surface area contributed by atoms with E-state index in [0.717, 1.165) is 0 Å². The predicted octanol–water partition coefficient (Wildman–Crippen LogP) is -0.268. The van der Waals surface area contributed by atoms with Crippen LogP contribution in [0.2, 0.25) is 0 Å². The van der Waals surface area contributed by atoms with Crippen LogP contribution in [0.4, 0.5) is 0 Å². The van der Waals surface area contributed by atoms with Crippen LogP contribution in [0.5, 0.6) is 5.75 Å². The summed E-state index contributed by atoms with van der Waals surface area (Å²) in [5.74, 6) is -4.84. The number of carbonyl (C=O) groups is 5. The van der Waals surface area contributed by atoms with Crippen molar-refractivity contribution in [1.82, 2.24) is 16.0 Å². The minimum absolute atomic E-state index is 0.00706. The summed E-state index contributed by atoms with van der Waals surface area (Å²) in [6.07, 6.45) is -0.227. The van der Waals surface area contributed by atoms with Crippen LogP contribution in [-0.4, -0.2) is 69.1 Å². The second-order valence-electron chi connectivity index (χ2n) is 8.41. The highest BCUT2D eigenvalue weighted by Gasteiger charge is 2.29.